The van der Waals surface area contributed by atoms with Crippen LogP contribution in [0.3, 0.4) is 0 Å². The van der Waals surface area contributed by atoms with Crippen LogP contribution in [0, 0.1) is 11.8 Å². The second-order valence-electron chi connectivity index (χ2n) is 9.10. The minimum atomic E-state index is -0.369. The third kappa shape index (κ3) is 8.23. The van der Waals surface area contributed by atoms with E-state index in [1.165, 1.54) is 18.5 Å². The van der Waals surface area contributed by atoms with E-state index in [-0.39, 0.29) is 20.2 Å². The Morgan fingerprint density at radius 2 is 1.40 bits per heavy atom. The molecule has 0 saturated carbocycles. The molecule has 168 valence electrons. The molecule has 0 aliphatic carbocycles. The molecule has 2 saturated heterocycles. The molecule has 0 amide bonds. The first-order valence-corrected chi connectivity index (χ1v) is 11.6. The highest BCUT2D eigenvalue weighted by molar-refractivity contribution is 6.45. The van der Waals surface area contributed by atoms with Crippen molar-refractivity contribution in [2.75, 3.05) is 31.5 Å². The van der Waals surface area contributed by atoms with Gasteiger partial charge in [0.2, 0.25) is 0 Å². The molecule has 8 heteroatoms. The first-order chi connectivity index (χ1) is 14.3. The van der Waals surface area contributed by atoms with Crippen LogP contribution in [-0.4, -0.2) is 77.2 Å². The molecule has 2 aliphatic heterocycles. The summed E-state index contributed by atoms with van der Waals surface area (Å²) in [4.78, 5) is 4.18. The van der Waals surface area contributed by atoms with Crippen molar-refractivity contribution in [1.82, 2.24) is 9.62 Å². The zero-order chi connectivity index (χ0) is 22.1. The maximum absolute atomic E-state index is 9.67. The molecule has 4 unspecified atom stereocenters. The lowest BCUT2D eigenvalue weighted by Crippen LogP contribution is -2.47. The summed E-state index contributed by atoms with van der Waals surface area (Å²) in [5.74, 6) is 0.946. The van der Waals surface area contributed by atoms with Crippen LogP contribution in [0.1, 0.15) is 39.5 Å². The number of anilines is 1. The van der Waals surface area contributed by atoms with E-state index < -0.39 is 0 Å². The summed E-state index contributed by atoms with van der Waals surface area (Å²) in [5.41, 5.74) is 1.18. The van der Waals surface area contributed by atoms with Crippen LogP contribution in [0.5, 0.6) is 0 Å². The Morgan fingerprint density at radius 3 is 1.90 bits per heavy atom. The smallest absolute Gasteiger partial charge is 0.376 e. The first-order valence-electron chi connectivity index (χ1n) is 11.6. The topological polar surface area (TPSA) is 79.2 Å². The van der Waals surface area contributed by atoms with E-state index in [0.717, 1.165) is 39.0 Å². The highest BCUT2D eigenvalue weighted by Crippen LogP contribution is 2.23. The Labute approximate surface area is 183 Å². The van der Waals surface area contributed by atoms with E-state index in [1.54, 1.807) is 6.82 Å². The molecule has 30 heavy (non-hydrogen) atoms. The molecule has 0 aromatic heterocycles. The van der Waals surface area contributed by atoms with Gasteiger partial charge in [-0.3, -0.25) is 0 Å². The predicted molar refractivity (Wildman–Crippen MR) is 127 cm³/mol. The molecule has 2 heterocycles. The normalized spacial score (nSPS) is 24.9. The monoisotopic (exact) mass is 417 g/mol. The van der Waals surface area contributed by atoms with Crippen LogP contribution in [0.2, 0.25) is 13.6 Å². The standard InChI is InChI=1S/C14H23BN2O.C8H18BNO2/c1-12(16-14-8-4-3-5-9-14)13-7-6-10-17(11-13)15(2)18;1-7(11)8-4-3-5-10(6-8)9(2)12/h3-5,8-9,12-13,16,18H,6-7,10-11H2,1-2H3;7-8,11-12H,3-6H2,1-2H3. The second kappa shape index (κ2) is 12.7. The highest BCUT2D eigenvalue weighted by atomic mass is 16.3. The van der Waals surface area contributed by atoms with Crippen molar-refractivity contribution in [3.8, 4) is 0 Å². The van der Waals surface area contributed by atoms with Gasteiger partial charge in [-0.2, -0.15) is 0 Å². The maximum Gasteiger partial charge on any atom is 0.376 e. The number of para-hydroxylation sites is 1. The van der Waals surface area contributed by atoms with Crippen LogP contribution >= 0.6 is 0 Å². The van der Waals surface area contributed by atoms with Gasteiger partial charge < -0.3 is 30.1 Å². The molecule has 2 aliphatic rings. The van der Waals surface area contributed by atoms with Crippen molar-refractivity contribution >= 4 is 19.8 Å². The molecule has 1 aromatic rings. The van der Waals surface area contributed by atoms with Crippen LogP contribution < -0.4 is 5.32 Å². The number of nitrogens with one attached hydrogen (secondary N) is 1. The van der Waals surface area contributed by atoms with E-state index in [1.807, 2.05) is 24.6 Å². The van der Waals surface area contributed by atoms with Crippen LogP contribution in [-0.2, 0) is 0 Å². The molecular weight excluding hydrogens is 376 g/mol. The fraction of sp³-hybridized carbons (Fsp3) is 0.727. The number of hydrogen-bond donors (Lipinski definition) is 4. The molecule has 0 spiro atoms. The lowest BCUT2D eigenvalue weighted by Gasteiger charge is -2.37. The molecule has 0 bridgehead atoms. The third-order valence-electron chi connectivity index (χ3n) is 6.59. The summed E-state index contributed by atoms with van der Waals surface area (Å²) in [6.07, 6.45) is 4.34. The second-order valence-corrected chi connectivity index (χ2v) is 9.10. The summed E-state index contributed by atoms with van der Waals surface area (Å²) in [7, 11) is -0.691. The molecule has 6 nitrogen and oxygen atoms in total. The molecular formula is C22H41B2N3O3. The third-order valence-corrected chi connectivity index (χ3v) is 6.59. The van der Waals surface area contributed by atoms with Gasteiger partial charge in [0.25, 0.3) is 0 Å². The molecule has 0 radical (unpaired) electrons. The largest absolute Gasteiger partial charge is 0.437 e. The Bertz CT molecular complexity index is 578. The van der Waals surface area contributed by atoms with Crippen molar-refractivity contribution in [3.05, 3.63) is 30.3 Å². The van der Waals surface area contributed by atoms with Gasteiger partial charge in [0.1, 0.15) is 0 Å². The zero-order valence-electron chi connectivity index (χ0n) is 19.2. The summed E-state index contributed by atoms with van der Waals surface area (Å²) in [6.45, 7) is 11.5. The number of piperidine rings is 2. The predicted octanol–water partition coefficient (Wildman–Crippen LogP) is 2.50. The minimum absolute atomic E-state index is 0.244. The fourth-order valence-corrected chi connectivity index (χ4v) is 4.48. The number of hydrogen-bond acceptors (Lipinski definition) is 6. The maximum atomic E-state index is 9.67. The summed E-state index contributed by atoms with van der Waals surface area (Å²) >= 11 is 0. The number of nitrogens with zero attached hydrogens (tertiary/aromatic N) is 2. The number of rotatable bonds is 6. The SMILES string of the molecule is CB(O)N1CCCC(C(C)Nc2ccccc2)C1.CB(O)N1CCCC(C(C)O)C1. The van der Waals surface area contributed by atoms with Crippen LogP contribution in [0.25, 0.3) is 0 Å². The lowest BCUT2D eigenvalue weighted by molar-refractivity contribution is 0.0837. The van der Waals surface area contributed by atoms with Crippen molar-refractivity contribution in [1.29, 1.82) is 0 Å². The van der Waals surface area contributed by atoms with Crippen molar-refractivity contribution in [3.63, 3.8) is 0 Å². The first kappa shape index (κ1) is 25.2. The van der Waals surface area contributed by atoms with E-state index in [9.17, 15) is 15.2 Å². The van der Waals surface area contributed by atoms with Crippen LogP contribution in [0.15, 0.2) is 30.3 Å². The average molecular weight is 417 g/mol. The van der Waals surface area contributed by atoms with E-state index in [4.69, 9.17) is 0 Å². The van der Waals surface area contributed by atoms with Gasteiger partial charge in [0, 0.05) is 11.7 Å². The van der Waals surface area contributed by atoms with Gasteiger partial charge >= 0.3 is 14.1 Å². The van der Waals surface area contributed by atoms with E-state index >= 15 is 0 Å². The van der Waals surface area contributed by atoms with Crippen molar-refractivity contribution in [2.45, 2.75) is 65.3 Å². The summed E-state index contributed by atoms with van der Waals surface area (Å²) < 4.78 is 0. The van der Waals surface area contributed by atoms with Gasteiger partial charge in [-0.05, 0) is 103 Å². The number of benzene rings is 1. The Hall–Kier alpha value is -1.05. The van der Waals surface area contributed by atoms with Crippen molar-refractivity contribution < 1.29 is 15.2 Å². The zero-order valence-corrected chi connectivity index (χ0v) is 19.2. The lowest BCUT2D eigenvalue weighted by atomic mass is 9.79. The molecule has 4 N–H and O–H groups in total. The van der Waals surface area contributed by atoms with Gasteiger partial charge in [0.15, 0.2) is 0 Å². The van der Waals surface area contributed by atoms with Gasteiger partial charge in [-0.15, -0.1) is 0 Å². The van der Waals surface area contributed by atoms with Crippen LogP contribution in [0.4, 0.5) is 5.69 Å². The highest BCUT2D eigenvalue weighted by Gasteiger charge is 2.28. The minimum Gasteiger partial charge on any atom is -0.437 e. The number of aliphatic hydroxyl groups is 1. The Balaban J connectivity index is 0.000000232. The van der Waals surface area contributed by atoms with E-state index in [0.29, 0.717) is 17.9 Å². The summed E-state index contributed by atoms with van der Waals surface area (Å²) in [6, 6.07) is 10.8. The molecule has 3 rings (SSSR count). The Kier molecular flexibility index (Phi) is 10.7. The summed E-state index contributed by atoms with van der Waals surface area (Å²) in [5, 5.41) is 31.9. The number of aliphatic hydroxyl groups excluding tert-OH is 1. The fourth-order valence-electron chi connectivity index (χ4n) is 4.48. The van der Waals surface area contributed by atoms with E-state index in [2.05, 4.69) is 41.3 Å². The molecule has 4 atom stereocenters. The molecule has 1 aromatic carbocycles. The van der Waals surface area contributed by atoms with Gasteiger partial charge in [-0.1, -0.05) is 18.2 Å². The Morgan fingerprint density at radius 1 is 0.900 bits per heavy atom. The molecule has 2 fully saturated rings. The average Bonchev–Trinajstić information content (AvgIpc) is 2.75. The quantitative estimate of drug-likeness (QED) is 0.533. The van der Waals surface area contributed by atoms with Gasteiger partial charge in [0.05, 0.1) is 6.10 Å². The van der Waals surface area contributed by atoms with Gasteiger partial charge in [-0.25, -0.2) is 0 Å². The van der Waals surface area contributed by atoms with Crippen molar-refractivity contribution in [2.24, 2.45) is 11.8 Å².